The zero-order chi connectivity index (χ0) is 13.7. The van der Waals surface area contributed by atoms with Gasteiger partial charge in [0.15, 0.2) is 0 Å². The van der Waals surface area contributed by atoms with Gasteiger partial charge in [-0.15, -0.1) is 11.3 Å². The Morgan fingerprint density at radius 3 is 3.00 bits per heavy atom. The largest absolute Gasteiger partial charge is 0.344 e. The fourth-order valence-electron chi connectivity index (χ4n) is 1.55. The predicted molar refractivity (Wildman–Crippen MR) is 81.8 cm³/mol. The van der Waals surface area contributed by atoms with E-state index in [9.17, 15) is 4.79 Å². The molecule has 0 radical (unpaired) electrons. The van der Waals surface area contributed by atoms with Crippen LogP contribution < -0.4 is 5.32 Å². The Hall–Kier alpha value is -1.46. The van der Waals surface area contributed by atoms with Gasteiger partial charge < -0.3 is 5.32 Å². The highest BCUT2D eigenvalue weighted by Gasteiger charge is 2.07. The van der Waals surface area contributed by atoms with E-state index in [1.165, 1.54) is 6.08 Å². The third kappa shape index (κ3) is 4.29. The van der Waals surface area contributed by atoms with E-state index in [4.69, 9.17) is 0 Å². The van der Waals surface area contributed by atoms with Crippen LogP contribution in [-0.4, -0.2) is 10.9 Å². The summed E-state index contributed by atoms with van der Waals surface area (Å²) in [6.07, 6.45) is 5.05. The molecule has 0 spiro atoms. The highest BCUT2D eigenvalue weighted by molar-refractivity contribution is 9.11. The summed E-state index contributed by atoms with van der Waals surface area (Å²) in [5, 5.41) is 4.86. The molecule has 1 amide bonds. The molecule has 1 N–H and O–H groups in total. The Kier molecular flexibility index (Phi) is 4.87. The van der Waals surface area contributed by atoms with Gasteiger partial charge in [-0.3, -0.25) is 9.78 Å². The first-order chi connectivity index (χ1) is 9.15. The van der Waals surface area contributed by atoms with Crippen LogP contribution in [-0.2, 0) is 4.79 Å². The van der Waals surface area contributed by atoms with Gasteiger partial charge in [0, 0.05) is 12.3 Å². The summed E-state index contributed by atoms with van der Waals surface area (Å²) in [5.74, 6) is -0.125. The van der Waals surface area contributed by atoms with E-state index in [2.05, 4.69) is 26.2 Å². The normalized spacial score (nSPS) is 12.5. The van der Waals surface area contributed by atoms with Crippen LogP contribution in [0.15, 0.2) is 45.7 Å². The number of amides is 1. The lowest BCUT2D eigenvalue weighted by atomic mass is 10.2. The molecule has 2 rings (SSSR count). The van der Waals surface area contributed by atoms with Crippen molar-refractivity contribution in [2.75, 3.05) is 0 Å². The number of aromatic nitrogens is 1. The van der Waals surface area contributed by atoms with E-state index in [1.54, 1.807) is 23.6 Å². The first-order valence-electron chi connectivity index (χ1n) is 5.78. The van der Waals surface area contributed by atoms with Gasteiger partial charge in [0.1, 0.15) is 0 Å². The summed E-state index contributed by atoms with van der Waals surface area (Å²) in [6, 6.07) is 7.52. The van der Waals surface area contributed by atoms with E-state index in [0.29, 0.717) is 0 Å². The molecule has 0 fully saturated rings. The number of hydrogen-bond acceptors (Lipinski definition) is 3. The Morgan fingerprint density at radius 2 is 2.37 bits per heavy atom. The molecule has 2 aromatic heterocycles. The number of pyridine rings is 1. The second kappa shape index (κ2) is 6.63. The van der Waals surface area contributed by atoms with Gasteiger partial charge in [-0.2, -0.15) is 0 Å². The minimum Gasteiger partial charge on any atom is -0.344 e. The van der Waals surface area contributed by atoms with Crippen molar-refractivity contribution in [3.63, 3.8) is 0 Å². The maximum Gasteiger partial charge on any atom is 0.244 e. The second-order valence-electron chi connectivity index (χ2n) is 4.00. The maximum atomic E-state index is 11.8. The van der Waals surface area contributed by atoms with Crippen molar-refractivity contribution >= 4 is 39.2 Å². The van der Waals surface area contributed by atoms with Crippen molar-refractivity contribution in [2.24, 2.45) is 0 Å². The summed E-state index contributed by atoms with van der Waals surface area (Å²) >= 11 is 4.98. The molecule has 0 unspecified atom stereocenters. The number of nitrogens with zero attached hydrogens (tertiary/aromatic N) is 1. The SMILES string of the molecule is C[C@H](NC(=O)/C=C\c1csc(Br)c1)c1ccccn1. The van der Waals surface area contributed by atoms with Crippen molar-refractivity contribution < 1.29 is 4.79 Å². The first-order valence-corrected chi connectivity index (χ1v) is 7.46. The van der Waals surface area contributed by atoms with Crippen molar-refractivity contribution in [1.82, 2.24) is 10.3 Å². The minimum absolute atomic E-state index is 0.104. The van der Waals surface area contributed by atoms with E-state index in [1.807, 2.05) is 36.6 Å². The van der Waals surface area contributed by atoms with Crippen molar-refractivity contribution in [2.45, 2.75) is 13.0 Å². The highest BCUT2D eigenvalue weighted by atomic mass is 79.9. The average Bonchev–Trinajstić information content (AvgIpc) is 2.83. The molecule has 5 heteroatoms. The smallest absolute Gasteiger partial charge is 0.244 e. The van der Waals surface area contributed by atoms with Crippen molar-refractivity contribution in [3.05, 3.63) is 57.0 Å². The summed E-state index contributed by atoms with van der Waals surface area (Å²) in [6.45, 7) is 1.91. The summed E-state index contributed by atoms with van der Waals surface area (Å²) < 4.78 is 1.05. The summed E-state index contributed by atoms with van der Waals surface area (Å²) in [4.78, 5) is 16.0. The van der Waals surface area contributed by atoms with E-state index in [0.717, 1.165) is 15.0 Å². The van der Waals surface area contributed by atoms with Gasteiger partial charge >= 0.3 is 0 Å². The van der Waals surface area contributed by atoms with Gasteiger partial charge in [0.2, 0.25) is 5.91 Å². The van der Waals surface area contributed by atoms with Crippen molar-refractivity contribution in [1.29, 1.82) is 0 Å². The lowest BCUT2D eigenvalue weighted by Crippen LogP contribution is -2.25. The van der Waals surface area contributed by atoms with Crippen LogP contribution in [0.3, 0.4) is 0 Å². The second-order valence-corrected chi connectivity index (χ2v) is 6.29. The lowest BCUT2D eigenvalue weighted by molar-refractivity contribution is -0.117. The molecule has 0 aliphatic rings. The van der Waals surface area contributed by atoms with E-state index in [-0.39, 0.29) is 11.9 Å². The maximum absolute atomic E-state index is 11.8. The Labute approximate surface area is 124 Å². The Bertz CT molecular complexity index is 580. The zero-order valence-corrected chi connectivity index (χ0v) is 12.7. The molecular weight excluding hydrogens is 324 g/mol. The third-order valence-electron chi connectivity index (χ3n) is 2.51. The number of halogens is 1. The molecule has 3 nitrogen and oxygen atoms in total. The van der Waals surface area contributed by atoms with Crippen LogP contribution in [0.25, 0.3) is 6.08 Å². The fraction of sp³-hybridized carbons (Fsp3) is 0.143. The van der Waals surface area contributed by atoms with Crippen LogP contribution >= 0.6 is 27.3 Å². The van der Waals surface area contributed by atoms with Crippen LogP contribution in [0.5, 0.6) is 0 Å². The molecule has 0 aliphatic heterocycles. The van der Waals surface area contributed by atoms with Crippen LogP contribution in [0.4, 0.5) is 0 Å². The summed E-state index contributed by atoms with van der Waals surface area (Å²) in [7, 11) is 0. The predicted octanol–water partition coefficient (Wildman–Crippen LogP) is 3.80. The van der Waals surface area contributed by atoms with E-state index >= 15 is 0 Å². The number of rotatable bonds is 4. The Balaban J connectivity index is 1.93. The van der Waals surface area contributed by atoms with E-state index < -0.39 is 0 Å². The molecule has 0 aliphatic carbocycles. The van der Waals surface area contributed by atoms with Gasteiger partial charge in [0.25, 0.3) is 0 Å². The molecule has 2 heterocycles. The third-order valence-corrected chi connectivity index (χ3v) is 4.03. The highest BCUT2D eigenvalue weighted by Crippen LogP contribution is 2.21. The quantitative estimate of drug-likeness (QED) is 0.863. The van der Waals surface area contributed by atoms with Crippen LogP contribution in [0, 0.1) is 0 Å². The van der Waals surface area contributed by atoms with Crippen molar-refractivity contribution in [3.8, 4) is 0 Å². The molecule has 19 heavy (non-hydrogen) atoms. The van der Waals surface area contributed by atoms with Gasteiger partial charge in [-0.05, 0) is 58.1 Å². The molecule has 0 aromatic carbocycles. The number of hydrogen-bond donors (Lipinski definition) is 1. The number of thiophene rings is 1. The lowest BCUT2D eigenvalue weighted by Gasteiger charge is -2.11. The average molecular weight is 337 g/mol. The Morgan fingerprint density at radius 1 is 1.53 bits per heavy atom. The first kappa shape index (κ1) is 14.0. The van der Waals surface area contributed by atoms with Crippen LogP contribution in [0.2, 0.25) is 0 Å². The molecule has 0 saturated carbocycles. The van der Waals surface area contributed by atoms with Gasteiger partial charge in [-0.25, -0.2) is 0 Å². The molecule has 0 saturated heterocycles. The zero-order valence-electron chi connectivity index (χ0n) is 10.3. The monoisotopic (exact) mass is 336 g/mol. The fourth-order valence-corrected chi connectivity index (χ4v) is 2.69. The number of carbonyl (C=O) groups excluding carboxylic acids is 1. The standard InChI is InChI=1S/C14H13BrN2OS/c1-10(12-4-2-3-7-16-12)17-14(18)6-5-11-8-13(15)19-9-11/h2-10H,1H3,(H,17,18)/b6-5-/t10-/m0/s1. The van der Waals surface area contributed by atoms with Gasteiger partial charge in [-0.1, -0.05) is 6.07 Å². The number of carbonyl (C=O) groups is 1. The topological polar surface area (TPSA) is 42.0 Å². The molecule has 1 atom stereocenters. The van der Waals surface area contributed by atoms with Gasteiger partial charge in [0.05, 0.1) is 15.5 Å². The molecular formula is C14H13BrN2OS. The molecule has 0 bridgehead atoms. The van der Waals surface area contributed by atoms with Crippen LogP contribution in [0.1, 0.15) is 24.2 Å². The molecule has 2 aromatic rings. The summed E-state index contributed by atoms with van der Waals surface area (Å²) in [5.41, 5.74) is 1.86. The number of nitrogens with one attached hydrogen (secondary N) is 1. The minimum atomic E-state index is -0.125. The molecule has 98 valence electrons.